The fraction of sp³-hybridized carbons (Fsp3) is 0.250. The first-order chi connectivity index (χ1) is 13.5. The van der Waals surface area contributed by atoms with Gasteiger partial charge in [0.25, 0.3) is 0 Å². The van der Waals surface area contributed by atoms with Crippen molar-refractivity contribution in [3.05, 3.63) is 59.9 Å². The number of carbonyl (C=O) groups is 1. The van der Waals surface area contributed by atoms with Crippen molar-refractivity contribution in [3.8, 4) is 17.1 Å². The number of anilines is 1. The van der Waals surface area contributed by atoms with Crippen molar-refractivity contribution < 1.29 is 9.53 Å². The van der Waals surface area contributed by atoms with Gasteiger partial charge in [0.15, 0.2) is 5.82 Å². The molecule has 0 spiro atoms. The van der Waals surface area contributed by atoms with E-state index in [1.165, 1.54) is 4.90 Å². The number of ether oxygens (including phenoxy) is 1. The topological polar surface area (TPSA) is 93.1 Å². The van der Waals surface area contributed by atoms with Crippen LogP contribution in [-0.2, 0) is 6.54 Å². The Kier molecular flexibility index (Phi) is 6.11. The third-order valence-electron chi connectivity index (χ3n) is 3.96. The van der Waals surface area contributed by atoms with Gasteiger partial charge in [-0.05, 0) is 50.2 Å². The van der Waals surface area contributed by atoms with Crippen LogP contribution in [0.5, 0.6) is 5.75 Å². The number of carbonyl (C=O) groups excluding carboxylic acids is 1. The molecular weight excluding hydrogens is 356 g/mol. The molecule has 1 N–H and O–H groups in total. The van der Waals surface area contributed by atoms with Crippen LogP contribution in [-0.4, -0.2) is 45.0 Å². The third kappa shape index (κ3) is 5.00. The van der Waals surface area contributed by atoms with Gasteiger partial charge >= 0.3 is 6.09 Å². The van der Waals surface area contributed by atoms with Crippen LogP contribution in [0.15, 0.2) is 48.5 Å². The number of nitrogens with zero attached hydrogens (tertiary/aromatic N) is 5. The van der Waals surface area contributed by atoms with Crippen LogP contribution in [0.2, 0.25) is 0 Å². The highest BCUT2D eigenvalue weighted by Gasteiger charge is 2.14. The van der Waals surface area contributed by atoms with Gasteiger partial charge in [-0.2, -0.15) is 0 Å². The molecule has 0 radical (unpaired) electrons. The van der Waals surface area contributed by atoms with E-state index in [1.807, 2.05) is 50.2 Å². The first-order valence-electron chi connectivity index (χ1n) is 8.95. The molecule has 0 unspecified atom stereocenters. The summed E-state index contributed by atoms with van der Waals surface area (Å²) in [6, 6.07) is 15.0. The van der Waals surface area contributed by atoms with Crippen LogP contribution in [0.4, 0.5) is 10.5 Å². The van der Waals surface area contributed by atoms with Gasteiger partial charge in [0.2, 0.25) is 5.82 Å². The molecule has 0 saturated heterocycles. The van der Waals surface area contributed by atoms with Gasteiger partial charge in [0.1, 0.15) is 5.75 Å². The standard InChI is InChI=1S/C20H22N6O2/c1-4-21-16-9-7-15(8-10-16)19-24-22-18(23-25-19)13-26(3)20(27)28-17-11-5-14(2)6-12-17/h5-12,21H,4,13H2,1-3H3. The zero-order valence-electron chi connectivity index (χ0n) is 16.1. The summed E-state index contributed by atoms with van der Waals surface area (Å²) in [5.41, 5.74) is 2.94. The lowest BCUT2D eigenvalue weighted by molar-refractivity contribution is 0.159. The van der Waals surface area contributed by atoms with Gasteiger partial charge in [-0.1, -0.05) is 17.7 Å². The van der Waals surface area contributed by atoms with Crippen LogP contribution in [0.3, 0.4) is 0 Å². The van der Waals surface area contributed by atoms with Crippen molar-refractivity contribution in [2.45, 2.75) is 20.4 Å². The summed E-state index contributed by atoms with van der Waals surface area (Å²) in [5.74, 6) is 1.24. The largest absolute Gasteiger partial charge is 0.415 e. The number of aromatic nitrogens is 4. The maximum Gasteiger partial charge on any atom is 0.415 e. The fourth-order valence-corrected chi connectivity index (χ4v) is 2.43. The second-order valence-corrected chi connectivity index (χ2v) is 6.28. The quantitative estimate of drug-likeness (QED) is 0.703. The average Bonchev–Trinajstić information content (AvgIpc) is 2.71. The normalized spacial score (nSPS) is 10.4. The Hall–Kier alpha value is -3.55. The number of hydrogen-bond donors (Lipinski definition) is 1. The van der Waals surface area contributed by atoms with E-state index in [-0.39, 0.29) is 6.54 Å². The Morgan fingerprint density at radius 1 is 1.00 bits per heavy atom. The number of hydrogen-bond acceptors (Lipinski definition) is 7. The Morgan fingerprint density at radius 3 is 2.25 bits per heavy atom. The lowest BCUT2D eigenvalue weighted by atomic mass is 10.2. The van der Waals surface area contributed by atoms with Crippen LogP contribution >= 0.6 is 0 Å². The maximum atomic E-state index is 12.2. The van der Waals surface area contributed by atoms with E-state index in [0.29, 0.717) is 17.4 Å². The van der Waals surface area contributed by atoms with E-state index in [0.717, 1.165) is 23.4 Å². The molecule has 28 heavy (non-hydrogen) atoms. The molecule has 2 aromatic carbocycles. The van der Waals surface area contributed by atoms with E-state index in [4.69, 9.17) is 4.74 Å². The summed E-state index contributed by atoms with van der Waals surface area (Å²) >= 11 is 0. The third-order valence-corrected chi connectivity index (χ3v) is 3.96. The Balaban J connectivity index is 1.59. The number of rotatable bonds is 6. The van der Waals surface area contributed by atoms with E-state index in [1.54, 1.807) is 19.2 Å². The van der Waals surface area contributed by atoms with Gasteiger partial charge in [-0.25, -0.2) is 4.79 Å². The first-order valence-corrected chi connectivity index (χ1v) is 8.95. The maximum absolute atomic E-state index is 12.2. The summed E-state index contributed by atoms with van der Waals surface area (Å²) in [4.78, 5) is 13.5. The van der Waals surface area contributed by atoms with Crippen molar-refractivity contribution in [3.63, 3.8) is 0 Å². The van der Waals surface area contributed by atoms with Crippen molar-refractivity contribution >= 4 is 11.8 Å². The highest BCUT2D eigenvalue weighted by Crippen LogP contribution is 2.17. The van der Waals surface area contributed by atoms with Crippen LogP contribution < -0.4 is 10.1 Å². The van der Waals surface area contributed by atoms with Gasteiger partial charge in [-0.15, -0.1) is 20.4 Å². The molecule has 3 aromatic rings. The van der Waals surface area contributed by atoms with Crippen molar-refractivity contribution in [1.29, 1.82) is 0 Å². The molecule has 1 aromatic heterocycles. The smallest absolute Gasteiger partial charge is 0.410 e. The van der Waals surface area contributed by atoms with Crippen molar-refractivity contribution in [1.82, 2.24) is 25.3 Å². The molecule has 0 saturated carbocycles. The minimum atomic E-state index is -0.504. The second-order valence-electron chi connectivity index (χ2n) is 6.28. The fourth-order valence-electron chi connectivity index (χ4n) is 2.43. The number of aryl methyl sites for hydroxylation is 1. The second kappa shape index (κ2) is 8.90. The molecule has 1 amide bonds. The van der Waals surface area contributed by atoms with Crippen molar-refractivity contribution in [2.24, 2.45) is 0 Å². The molecule has 8 nitrogen and oxygen atoms in total. The predicted octanol–water partition coefficient (Wildman–Crippen LogP) is 3.30. The Morgan fingerprint density at radius 2 is 1.64 bits per heavy atom. The van der Waals surface area contributed by atoms with E-state index < -0.39 is 6.09 Å². The highest BCUT2D eigenvalue weighted by molar-refractivity contribution is 5.70. The van der Waals surface area contributed by atoms with Gasteiger partial charge in [0.05, 0.1) is 6.54 Å². The van der Waals surface area contributed by atoms with Crippen LogP contribution in [0, 0.1) is 6.92 Å². The summed E-state index contributed by atoms with van der Waals surface area (Å²) in [6.07, 6.45) is -0.504. The van der Waals surface area contributed by atoms with E-state index in [2.05, 4.69) is 25.7 Å². The molecule has 0 aliphatic carbocycles. The summed E-state index contributed by atoms with van der Waals surface area (Å²) in [5, 5.41) is 19.6. The molecule has 0 aliphatic heterocycles. The SMILES string of the molecule is CCNc1ccc(-c2nnc(CN(C)C(=O)Oc3ccc(C)cc3)nn2)cc1. The average molecular weight is 378 g/mol. The molecule has 1 heterocycles. The monoisotopic (exact) mass is 378 g/mol. The lowest BCUT2D eigenvalue weighted by Crippen LogP contribution is -2.30. The lowest BCUT2D eigenvalue weighted by Gasteiger charge is -2.15. The molecule has 0 aliphatic rings. The molecular formula is C20H22N6O2. The van der Waals surface area contributed by atoms with Gasteiger partial charge in [0, 0.05) is 24.8 Å². The van der Waals surface area contributed by atoms with Crippen LogP contribution in [0.1, 0.15) is 18.3 Å². The predicted molar refractivity (Wildman–Crippen MR) is 106 cm³/mol. The molecule has 8 heteroatoms. The van der Waals surface area contributed by atoms with E-state index >= 15 is 0 Å². The zero-order valence-corrected chi connectivity index (χ0v) is 16.1. The minimum Gasteiger partial charge on any atom is -0.410 e. The number of nitrogens with one attached hydrogen (secondary N) is 1. The zero-order chi connectivity index (χ0) is 19.9. The molecule has 0 bridgehead atoms. The van der Waals surface area contributed by atoms with Gasteiger partial charge < -0.3 is 15.0 Å². The summed E-state index contributed by atoms with van der Waals surface area (Å²) < 4.78 is 5.31. The molecule has 0 atom stereocenters. The minimum absolute atomic E-state index is 0.143. The summed E-state index contributed by atoms with van der Waals surface area (Å²) in [7, 11) is 1.60. The Labute approximate surface area is 163 Å². The Bertz CT molecular complexity index is 911. The van der Waals surface area contributed by atoms with E-state index in [9.17, 15) is 4.79 Å². The van der Waals surface area contributed by atoms with Crippen molar-refractivity contribution in [2.75, 3.05) is 18.9 Å². The highest BCUT2D eigenvalue weighted by atomic mass is 16.6. The molecule has 144 valence electrons. The van der Waals surface area contributed by atoms with Crippen LogP contribution in [0.25, 0.3) is 11.4 Å². The molecule has 0 fully saturated rings. The summed E-state index contributed by atoms with van der Waals surface area (Å²) in [6.45, 7) is 5.00. The molecule has 3 rings (SSSR count). The number of benzene rings is 2. The van der Waals surface area contributed by atoms with Gasteiger partial charge in [-0.3, -0.25) is 0 Å². The number of amides is 1. The first kappa shape index (κ1) is 19.2.